The predicted octanol–water partition coefficient (Wildman–Crippen LogP) is 5.12. The van der Waals surface area contributed by atoms with Crippen LogP contribution in [0.2, 0.25) is 0 Å². The molecule has 0 saturated heterocycles. The van der Waals surface area contributed by atoms with Crippen molar-refractivity contribution in [1.82, 2.24) is 0 Å². The lowest BCUT2D eigenvalue weighted by atomic mass is 10.1. The highest BCUT2D eigenvalue weighted by molar-refractivity contribution is 14.1. The second-order valence-electron chi connectivity index (χ2n) is 3.51. The molecule has 0 heterocycles. The number of alkyl halides is 1. The maximum absolute atomic E-state index is 2.45. The number of unbranched alkanes of at least 4 members (excludes halogenated alkanes) is 6. The second kappa shape index (κ2) is 12.5. The van der Waals surface area contributed by atoms with Gasteiger partial charge in [-0.3, -0.25) is 0 Å². The third-order valence-corrected chi connectivity index (χ3v) is 2.91. The summed E-state index contributed by atoms with van der Waals surface area (Å²) < 4.78 is 1.32. The van der Waals surface area contributed by atoms with Gasteiger partial charge in [-0.1, -0.05) is 60.9 Å². The van der Waals surface area contributed by atoms with Gasteiger partial charge in [0.1, 0.15) is 0 Å². The second-order valence-corrected chi connectivity index (χ2v) is 4.58. The maximum Gasteiger partial charge on any atom is -0.000473 e. The van der Waals surface area contributed by atoms with Crippen LogP contribution in [0.3, 0.4) is 0 Å². The summed E-state index contributed by atoms with van der Waals surface area (Å²) in [6, 6.07) is 0. The molecule has 13 heavy (non-hydrogen) atoms. The van der Waals surface area contributed by atoms with E-state index in [2.05, 4.69) is 41.7 Å². The van der Waals surface area contributed by atoms with Gasteiger partial charge in [0, 0.05) is 0 Å². The summed E-state index contributed by atoms with van der Waals surface area (Å²) in [5.41, 5.74) is 0. The topological polar surface area (TPSA) is 0 Å². The summed E-state index contributed by atoms with van der Waals surface area (Å²) >= 11 is 2.45. The molecular weight excluding hydrogens is 271 g/mol. The minimum atomic E-state index is 1.29. The van der Waals surface area contributed by atoms with Gasteiger partial charge in [0.05, 0.1) is 0 Å². The molecule has 0 bridgehead atoms. The molecule has 0 aromatic rings. The minimum absolute atomic E-state index is 1.29. The van der Waals surface area contributed by atoms with E-state index in [1.165, 1.54) is 55.8 Å². The van der Waals surface area contributed by atoms with Gasteiger partial charge in [-0.15, -0.1) is 0 Å². The largest absolute Gasteiger partial charge is 0.0885 e. The summed E-state index contributed by atoms with van der Waals surface area (Å²) in [6.45, 7) is 2.26. The number of hydrogen-bond acceptors (Lipinski definition) is 0. The molecule has 0 spiro atoms. The molecule has 0 N–H and O–H groups in total. The lowest BCUT2D eigenvalue weighted by Gasteiger charge is -1.94. The van der Waals surface area contributed by atoms with Crippen LogP contribution in [0.4, 0.5) is 0 Å². The number of rotatable bonds is 9. The van der Waals surface area contributed by atoms with Gasteiger partial charge in [0.2, 0.25) is 0 Å². The van der Waals surface area contributed by atoms with Gasteiger partial charge in [0.15, 0.2) is 0 Å². The molecule has 78 valence electrons. The van der Waals surface area contributed by atoms with E-state index in [0.717, 1.165) is 0 Å². The standard InChI is InChI=1S/C12H23I/c1-2-3-4-5-6-7-8-9-10-11-12-13/h6-7H,2-5,8-12H2,1H3/b7-6-. The molecule has 0 amide bonds. The Morgan fingerprint density at radius 1 is 0.846 bits per heavy atom. The Bertz CT molecular complexity index is 108. The van der Waals surface area contributed by atoms with E-state index in [-0.39, 0.29) is 0 Å². The first-order valence-corrected chi connectivity index (χ1v) is 7.15. The molecule has 0 fully saturated rings. The van der Waals surface area contributed by atoms with Crippen molar-refractivity contribution in [1.29, 1.82) is 0 Å². The Morgan fingerprint density at radius 3 is 2.00 bits per heavy atom. The molecule has 0 atom stereocenters. The average molecular weight is 294 g/mol. The summed E-state index contributed by atoms with van der Waals surface area (Å²) in [4.78, 5) is 0. The monoisotopic (exact) mass is 294 g/mol. The molecule has 0 saturated carbocycles. The molecule has 0 nitrogen and oxygen atoms in total. The van der Waals surface area contributed by atoms with Crippen molar-refractivity contribution in [2.45, 2.75) is 58.3 Å². The normalized spacial score (nSPS) is 11.2. The first-order valence-electron chi connectivity index (χ1n) is 5.62. The smallest absolute Gasteiger partial charge is 0.000473 e. The Balaban J connectivity index is 2.95. The zero-order valence-corrected chi connectivity index (χ0v) is 11.1. The molecule has 0 aliphatic heterocycles. The van der Waals surface area contributed by atoms with Gasteiger partial charge >= 0.3 is 0 Å². The van der Waals surface area contributed by atoms with Crippen LogP contribution in [0.5, 0.6) is 0 Å². The summed E-state index contributed by atoms with van der Waals surface area (Å²) in [6.07, 6.45) is 15.6. The van der Waals surface area contributed by atoms with Crippen LogP contribution in [-0.4, -0.2) is 4.43 Å². The Morgan fingerprint density at radius 2 is 1.46 bits per heavy atom. The van der Waals surface area contributed by atoms with Crippen molar-refractivity contribution < 1.29 is 0 Å². The fraction of sp³-hybridized carbons (Fsp3) is 0.833. The molecule has 1 heteroatoms. The Kier molecular flexibility index (Phi) is 12.9. The molecule has 0 aromatic carbocycles. The van der Waals surface area contributed by atoms with Crippen LogP contribution in [0, 0.1) is 0 Å². The van der Waals surface area contributed by atoms with E-state index in [9.17, 15) is 0 Å². The van der Waals surface area contributed by atoms with Crippen molar-refractivity contribution in [2.75, 3.05) is 4.43 Å². The molecule has 0 unspecified atom stereocenters. The first-order chi connectivity index (χ1) is 6.41. The van der Waals surface area contributed by atoms with Gasteiger partial charge in [-0.2, -0.15) is 0 Å². The highest BCUT2D eigenvalue weighted by atomic mass is 127. The van der Waals surface area contributed by atoms with Gasteiger partial charge in [0.25, 0.3) is 0 Å². The summed E-state index contributed by atoms with van der Waals surface area (Å²) in [5.74, 6) is 0. The van der Waals surface area contributed by atoms with E-state index in [1.807, 2.05) is 0 Å². The van der Waals surface area contributed by atoms with Crippen LogP contribution in [-0.2, 0) is 0 Å². The predicted molar refractivity (Wildman–Crippen MR) is 70.6 cm³/mol. The van der Waals surface area contributed by atoms with E-state index < -0.39 is 0 Å². The third-order valence-electron chi connectivity index (χ3n) is 2.15. The molecular formula is C12H23I. The van der Waals surface area contributed by atoms with Crippen LogP contribution in [0.15, 0.2) is 12.2 Å². The van der Waals surface area contributed by atoms with Gasteiger partial charge in [-0.25, -0.2) is 0 Å². The lowest BCUT2D eigenvalue weighted by molar-refractivity contribution is 0.719. The number of allylic oxidation sites excluding steroid dienone is 2. The van der Waals surface area contributed by atoms with Crippen LogP contribution < -0.4 is 0 Å². The Hall–Kier alpha value is 0.470. The maximum atomic E-state index is 2.45. The number of halogens is 1. The fourth-order valence-electron chi connectivity index (χ4n) is 1.28. The third kappa shape index (κ3) is 12.5. The molecule has 0 aromatic heterocycles. The molecule has 0 radical (unpaired) electrons. The van der Waals surface area contributed by atoms with Crippen LogP contribution >= 0.6 is 22.6 Å². The van der Waals surface area contributed by atoms with Gasteiger partial charge < -0.3 is 0 Å². The fourth-order valence-corrected chi connectivity index (χ4v) is 1.82. The van der Waals surface area contributed by atoms with E-state index >= 15 is 0 Å². The van der Waals surface area contributed by atoms with Crippen molar-refractivity contribution in [2.24, 2.45) is 0 Å². The van der Waals surface area contributed by atoms with Crippen molar-refractivity contribution in [3.05, 3.63) is 12.2 Å². The summed E-state index contributed by atoms with van der Waals surface area (Å²) in [5, 5.41) is 0. The zero-order chi connectivity index (χ0) is 9.78. The van der Waals surface area contributed by atoms with E-state index in [4.69, 9.17) is 0 Å². The van der Waals surface area contributed by atoms with Gasteiger partial charge in [-0.05, 0) is 36.5 Å². The molecule has 0 rings (SSSR count). The van der Waals surface area contributed by atoms with Crippen LogP contribution in [0.1, 0.15) is 58.3 Å². The molecule has 0 aliphatic carbocycles. The first kappa shape index (κ1) is 13.5. The number of hydrogen-bond donors (Lipinski definition) is 0. The highest BCUT2D eigenvalue weighted by Crippen LogP contribution is 2.04. The van der Waals surface area contributed by atoms with E-state index in [1.54, 1.807) is 0 Å². The quantitative estimate of drug-likeness (QED) is 0.240. The van der Waals surface area contributed by atoms with Crippen molar-refractivity contribution in [3.63, 3.8) is 0 Å². The highest BCUT2D eigenvalue weighted by Gasteiger charge is 1.85. The zero-order valence-electron chi connectivity index (χ0n) is 8.90. The minimum Gasteiger partial charge on any atom is -0.0885 e. The SMILES string of the molecule is CCCCC/C=C\CCCCCI. The van der Waals surface area contributed by atoms with Crippen molar-refractivity contribution >= 4 is 22.6 Å². The molecule has 0 aliphatic rings. The lowest BCUT2D eigenvalue weighted by Crippen LogP contribution is -1.76. The van der Waals surface area contributed by atoms with Crippen molar-refractivity contribution in [3.8, 4) is 0 Å². The Labute approximate surface area is 97.3 Å². The summed E-state index contributed by atoms with van der Waals surface area (Å²) in [7, 11) is 0. The van der Waals surface area contributed by atoms with E-state index in [0.29, 0.717) is 0 Å². The van der Waals surface area contributed by atoms with Crippen LogP contribution in [0.25, 0.3) is 0 Å². The average Bonchev–Trinajstić information content (AvgIpc) is 2.16.